The molecule has 1 N–H and O–H groups in total. The Morgan fingerprint density at radius 1 is 1.32 bits per heavy atom. The molecule has 6 heteroatoms. The molecule has 3 nitrogen and oxygen atoms in total. The fraction of sp³-hybridized carbons (Fsp3) is 0.462. The molecule has 0 bridgehead atoms. The number of carbonyl (C=O) groups excluding carboxylic acids is 1. The summed E-state index contributed by atoms with van der Waals surface area (Å²) >= 11 is 15.2. The largest absolute Gasteiger partial charge is 0.381 e. The van der Waals surface area contributed by atoms with Gasteiger partial charge in [-0.3, -0.25) is 4.79 Å². The highest BCUT2D eigenvalue weighted by atomic mass is 79.9. The second kappa shape index (κ2) is 6.44. The van der Waals surface area contributed by atoms with Gasteiger partial charge in [0.25, 0.3) is 5.91 Å². The van der Waals surface area contributed by atoms with Crippen LogP contribution >= 0.6 is 39.1 Å². The molecular formula is C13H14BrCl2NO2. The zero-order chi connectivity index (χ0) is 13.9. The standard InChI is InChI=1S/C13H14BrCl2NO2/c14-8-13(3-5-19-6-4-13)17-12(18)9-1-2-10(15)11(16)7-9/h1-2,7H,3-6,8H2,(H,17,18). The Bertz CT molecular complexity index is 476. The van der Waals surface area contributed by atoms with Gasteiger partial charge in [-0.15, -0.1) is 0 Å². The number of alkyl halides is 1. The molecule has 1 aromatic rings. The Balaban J connectivity index is 2.12. The molecule has 1 aliphatic rings. The van der Waals surface area contributed by atoms with Crippen LogP contribution in [0.25, 0.3) is 0 Å². The molecule has 2 rings (SSSR count). The lowest BCUT2D eigenvalue weighted by Gasteiger charge is -2.36. The first-order chi connectivity index (χ1) is 9.06. The second-order valence-corrected chi connectivity index (χ2v) is 5.98. The maximum absolute atomic E-state index is 12.3. The first-order valence-electron chi connectivity index (χ1n) is 5.98. The van der Waals surface area contributed by atoms with Crippen molar-refractivity contribution in [2.24, 2.45) is 0 Å². The van der Waals surface area contributed by atoms with Crippen LogP contribution in [-0.2, 0) is 4.74 Å². The Morgan fingerprint density at radius 2 is 2.00 bits per heavy atom. The minimum Gasteiger partial charge on any atom is -0.381 e. The van der Waals surface area contributed by atoms with Gasteiger partial charge in [0.1, 0.15) is 0 Å². The average molecular weight is 367 g/mol. The van der Waals surface area contributed by atoms with Gasteiger partial charge in [-0.25, -0.2) is 0 Å². The zero-order valence-corrected chi connectivity index (χ0v) is 13.3. The number of amides is 1. The first kappa shape index (κ1) is 15.1. The van der Waals surface area contributed by atoms with Crippen LogP contribution in [0.1, 0.15) is 23.2 Å². The maximum atomic E-state index is 12.3. The molecule has 1 aliphatic heterocycles. The number of ether oxygens (including phenoxy) is 1. The Hall–Kier alpha value is -0.290. The van der Waals surface area contributed by atoms with Gasteiger partial charge in [0, 0.05) is 24.1 Å². The van der Waals surface area contributed by atoms with Gasteiger partial charge in [0.2, 0.25) is 0 Å². The first-order valence-corrected chi connectivity index (χ1v) is 7.85. The summed E-state index contributed by atoms with van der Waals surface area (Å²) in [4.78, 5) is 12.3. The number of nitrogens with one attached hydrogen (secondary N) is 1. The van der Waals surface area contributed by atoms with Crippen molar-refractivity contribution in [3.05, 3.63) is 33.8 Å². The average Bonchev–Trinajstić information content (AvgIpc) is 2.43. The van der Waals surface area contributed by atoms with E-state index in [0.29, 0.717) is 34.2 Å². The van der Waals surface area contributed by atoms with Gasteiger partial charge in [-0.2, -0.15) is 0 Å². The molecule has 0 aliphatic carbocycles. The fourth-order valence-corrected chi connectivity index (χ4v) is 3.00. The van der Waals surface area contributed by atoms with Crippen molar-refractivity contribution in [1.82, 2.24) is 5.32 Å². The highest BCUT2D eigenvalue weighted by Gasteiger charge is 2.33. The highest BCUT2D eigenvalue weighted by molar-refractivity contribution is 9.09. The van der Waals surface area contributed by atoms with Gasteiger partial charge < -0.3 is 10.1 Å². The van der Waals surface area contributed by atoms with Crippen molar-refractivity contribution in [1.29, 1.82) is 0 Å². The topological polar surface area (TPSA) is 38.3 Å². The molecule has 1 heterocycles. The quantitative estimate of drug-likeness (QED) is 0.829. The van der Waals surface area contributed by atoms with Crippen LogP contribution in [-0.4, -0.2) is 30.0 Å². The number of hydrogen-bond acceptors (Lipinski definition) is 2. The molecule has 0 unspecified atom stereocenters. The number of carbonyl (C=O) groups is 1. The van der Waals surface area contributed by atoms with Crippen LogP contribution in [0.4, 0.5) is 0 Å². The molecule has 0 atom stereocenters. The molecule has 0 saturated carbocycles. The van der Waals surface area contributed by atoms with E-state index >= 15 is 0 Å². The van der Waals surface area contributed by atoms with E-state index in [-0.39, 0.29) is 11.4 Å². The molecule has 104 valence electrons. The van der Waals surface area contributed by atoms with Crippen molar-refractivity contribution in [3.8, 4) is 0 Å². The predicted octanol–water partition coefficient (Wildman–Crippen LogP) is 3.67. The van der Waals surface area contributed by atoms with Crippen molar-refractivity contribution in [3.63, 3.8) is 0 Å². The summed E-state index contributed by atoms with van der Waals surface area (Å²) in [5.41, 5.74) is 0.266. The summed E-state index contributed by atoms with van der Waals surface area (Å²) < 4.78 is 5.34. The third-order valence-corrected chi connectivity index (χ3v) is 5.08. The molecule has 0 aromatic heterocycles. The SMILES string of the molecule is O=C(NC1(CBr)CCOCC1)c1ccc(Cl)c(Cl)c1. The predicted molar refractivity (Wildman–Crippen MR) is 80.5 cm³/mol. The minimum absolute atomic E-state index is 0.139. The van der Waals surface area contributed by atoms with Crippen molar-refractivity contribution >= 4 is 45.0 Å². The molecular weight excluding hydrogens is 353 g/mol. The Kier molecular flexibility index (Phi) is 5.12. The van der Waals surface area contributed by atoms with E-state index < -0.39 is 0 Å². The lowest BCUT2D eigenvalue weighted by Crippen LogP contribution is -2.53. The molecule has 1 fully saturated rings. The summed E-state index contributed by atoms with van der Waals surface area (Å²) in [5.74, 6) is -0.139. The lowest BCUT2D eigenvalue weighted by atomic mass is 9.92. The van der Waals surface area contributed by atoms with Crippen LogP contribution in [0.15, 0.2) is 18.2 Å². The number of rotatable bonds is 3. The van der Waals surface area contributed by atoms with Gasteiger partial charge in [0.15, 0.2) is 0 Å². The van der Waals surface area contributed by atoms with Crippen LogP contribution in [0, 0.1) is 0 Å². The molecule has 0 spiro atoms. The fourth-order valence-electron chi connectivity index (χ4n) is 2.00. The van der Waals surface area contributed by atoms with Crippen LogP contribution in [0.2, 0.25) is 10.0 Å². The normalized spacial score (nSPS) is 18.1. The van der Waals surface area contributed by atoms with Gasteiger partial charge in [-0.1, -0.05) is 39.1 Å². The van der Waals surface area contributed by atoms with Gasteiger partial charge in [-0.05, 0) is 31.0 Å². The Labute approximate surface area is 130 Å². The van der Waals surface area contributed by atoms with E-state index in [1.54, 1.807) is 18.2 Å². The molecule has 1 amide bonds. The summed E-state index contributed by atoms with van der Waals surface area (Å²) in [6.07, 6.45) is 1.59. The summed E-state index contributed by atoms with van der Waals surface area (Å²) in [5, 5.41) is 4.61. The third kappa shape index (κ3) is 3.63. The van der Waals surface area contributed by atoms with Crippen molar-refractivity contribution < 1.29 is 9.53 Å². The summed E-state index contributed by atoms with van der Waals surface area (Å²) in [6.45, 7) is 1.32. The maximum Gasteiger partial charge on any atom is 0.251 e. The molecule has 0 radical (unpaired) electrons. The third-order valence-electron chi connectivity index (χ3n) is 3.27. The smallest absolute Gasteiger partial charge is 0.251 e. The van der Waals surface area contributed by atoms with Gasteiger partial charge >= 0.3 is 0 Å². The number of benzene rings is 1. The zero-order valence-electron chi connectivity index (χ0n) is 10.2. The lowest BCUT2D eigenvalue weighted by molar-refractivity contribution is 0.0442. The number of hydrogen-bond donors (Lipinski definition) is 1. The Morgan fingerprint density at radius 3 is 2.58 bits per heavy atom. The van der Waals surface area contributed by atoms with E-state index in [9.17, 15) is 4.79 Å². The summed E-state index contributed by atoms with van der Waals surface area (Å²) in [7, 11) is 0. The minimum atomic E-state index is -0.249. The van der Waals surface area contributed by atoms with Crippen LogP contribution < -0.4 is 5.32 Å². The summed E-state index contributed by atoms with van der Waals surface area (Å²) in [6, 6.07) is 4.88. The van der Waals surface area contributed by atoms with Crippen molar-refractivity contribution in [2.75, 3.05) is 18.5 Å². The van der Waals surface area contributed by atoms with E-state index in [0.717, 1.165) is 12.8 Å². The van der Waals surface area contributed by atoms with E-state index in [1.807, 2.05) is 0 Å². The molecule has 1 aromatic carbocycles. The van der Waals surface area contributed by atoms with Crippen molar-refractivity contribution in [2.45, 2.75) is 18.4 Å². The van der Waals surface area contributed by atoms with Crippen LogP contribution in [0.5, 0.6) is 0 Å². The van der Waals surface area contributed by atoms with E-state index in [4.69, 9.17) is 27.9 Å². The van der Waals surface area contributed by atoms with E-state index in [1.165, 1.54) is 0 Å². The molecule has 1 saturated heterocycles. The van der Waals surface area contributed by atoms with E-state index in [2.05, 4.69) is 21.2 Å². The number of halogens is 3. The van der Waals surface area contributed by atoms with Gasteiger partial charge in [0.05, 0.1) is 15.6 Å². The monoisotopic (exact) mass is 365 g/mol. The molecule has 19 heavy (non-hydrogen) atoms. The highest BCUT2D eigenvalue weighted by Crippen LogP contribution is 2.25. The second-order valence-electron chi connectivity index (χ2n) is 4.61. The van der Waals surface area contributed by atoms with Crippen LogP contribution in [0.3, 0.4) is 0 Å².